The van der Waals surface area contributed by atoms with Crippen LogP contribution in [0.15, 0.2) is 47.5 Å². The Morgan fingerprint density at radius 2 is 1.82 bits per heavy atom. The Kier molecular flexibility index (Phi) is 3.10. The normalized spacial score (nSPS) is 10.9. The molecule has 0 atom stereocenters. The maximum Gasteiger partial charge on any atom is 0.128 e. The molecule has 0 aromatic heterocycles. The van der Waals surface area contributed by atoms with Gasteiger partial charge in [0.15, 0.2) is 0 Å². The second kappa shape index (κ2) is 4.70. The van der Waals surface area contributed by atoms with Crippen LogP contribution in [0.3, 0.4) is 0 Å². The predicted molar refractivity (Wildman–Crippen MR) is 68.2 cm³/mol. The minimum atomic E-state index is 0.0161. The standard InChI is InChI=1S/C14H13NO2/c1-10-4-2-3-5-13(10)15-9-11-6-7-12(16)8-14(11)17/h2-9,16-17H,1H3. The summed E-state index contributed by atoms with van der Waals surface area (Å²) in [6, 6.07) is 12.2. The summed E-state index contributed by atoms with van der Waals surface area (Å²) in [5.41, 5.74) is 2.51. The molecule has 0 radical (unpaired) electrons. The van der Waals surface area contributed by atoms with Crippen LogP contribution in [0.2, 0.25) is 0 Å². The maximum atomic E-state index is 9.59. The van der Waals surface area contributed by atoms with E-state index in [0.717, 1.165) is 11.3 Å². The van der Waals surface area contributed by atoms with Gasteiger partial charge in [-0.15, -0.1) is 0 Å². The Balaban J connectivity index is 2.29. The van der Waals surface area contributed by atoms with Gasteiger partial charge in [-0.3, -0.25) is 4.99 Å². The molecular formula is C14H13NO2. The van der Waals surface area contributed by atoms with Crippen molar-refractivity contribution in [2.75, 3.05) is 0 Å². The van der Waals surface area contributed by atoms with Gasteiger partial charge in [-0.2, -0.15) is 0 Å². The summed E-state index contributed by atoms with van der Waals surface area (Å²) in [5.74, 6) is 0.0536. The lowest BCUT2D eigenvalue weighted by atomic mass is 10.2. The molecule has 2 rings (SSSR count). The van der Waals surface area contributed by atoms with Crippen LogP contribution in [0.5, 0.6) is 11.5 Å². The average Bonchev–Trinajstić information content (AvgIpc) is 2.30. The average molecular weight is 227 g/mol. The van der Waals surface area contributed by atoms with Crippen molar-refractivity contribution in [1.29, 1.82) is 0 Å². The first-order valence-corrected chi connectivity index (χ1v) is 5.28. The van der Waals surface area contributed by atoms with E-state index in [0.29, 0.717) is 5.56 Å². The van der Waals surface area contributed by atoms with Crippen molar-refractivity contribution in [3.05, 3.63) is 53.6 Å². The van der Waals surface area contributed by atoms with Crippen molar-refractivity contribution < 1.29 is 10.2 Å². The molecule has 0 heterocycles. The summed E-state index contributed by atoms with van der Waals surface area (Å²) in [5, 5.41) is 18.7. The number of hydrogen-bond donors (Lipinski definition) is 2. The van der Waals surface area contributed by atoms with Gasteiger partial charge in [-0.1, -0.05) is 18.2 Å². The number of rotatable bonds is 2. The smallest absolute Gasteiger partial charge is 0.128 e. The van der Waals surface area contributed by atoms with Gasteiger partial charge in [0, 0.05) is 17.8 Å². The third kappa shape index (κ3) is 2.64. The van der Waals surface area contributed by atoms with Crippen molar-refractivity contribution in [2.45, 2.75) is 6.92 Å². The predicted octanol–water partition coefficient (Wildman–Crippen LogP) is 3.16. The van der Waals surface area contributed by atoms with Gasteiger partial charge >= 0.3 is 0 Å². The first-order valence-electron chi connectivity index (χ1n) is 5.28. The largest absolute Gasteiger partial charge is 0.508 e. The molecule has 17 heavy (non-hydrogen) atoms. The van der Waals surface area contributed by atoms with Crippen LogP contribution < -0.4 is 0 Å². The molecule has 2 aromatic carbocycles. The van der Waals surface area contributed by atoms with Gasteiger partial charge in [-0.25, -0.2) is 0 Å². The molecule has 2 N–H and O–H groups in total. The highest BCUT2D eigenvalue weighted by molar-refractivity contribution is 5.85. The van der Waals surface area contributed by atoms with E-state index in [1.165, 1.54) is 12.1 Å². The first-order chi connectivity index (χ1) is 8.16. The first kappa shape index (κ1) is 11.2. The van der Waals surface area contributed by atoms with Crippen LogP contribution in [-0.4, -0.2) is 16.4 Å². The summed E-state index contributed by atoms with van der Waals surface area (Å²) < 4.78 is 0. The van der Waals surface area contributed by atoms with Crippen LogP contribution in [-0.2, 0) is 0 Å². The summed E-state index contributed by atoms with van der Waals surface area (Å²) >= 11 is 0. The Morgan fingerprint density at radius 1 is 1.06 bits per heavy atom. The third-order valence-corrected chi connectivity index (χ3v) is 2.47. The van der Waals surface area contributed by atoms with Crippen LogP contribution in [0.4, 0.5) is 5.69 Å². The Morgan fingerprint density at radius 3 is 2.53 bits per heavy atom. The highest BCUT2D eigenvalue weighted by atomic mass is 16.3. The lowest BCUT2D eigenvalue weighted by Gasteiger charge is -2.00. The number of phenols is 2. The molecule has 2 aromatic rings. The van der Waals surface area contributed by atoms with E-state index in [-0.39, 0.29) is 11.5 Å². The molecular weight excluding hydrogens is 214 g/mol. The van der Waals surface area contributed by atoms with E-state index >= 15 is 0 Å². The van der Waals surface area contributed by atoms with E-state index in [1.807, 2.05) is 31.2 Å². The van der Waals surface area contributed by atoms with E-state index in [1.54, 1.807) is 12.3 Å². The number of aromatic hydroxyl groups is 2. The zero-order valence-electron chi connectivity index (χ0n) is 9.46. The monoisotopic (exact) mass is 227 g/mol. The third-order valence-electron chi connectivity index (χ3n) is 2.47. The van der Waals surface area contributed by atoms with Gasteiger partial charge in [0.2, 0.25) is 0 Å². The molecule has 0 amide bonds. The maximum absolute atomic E-state index is 9.59. The highest BCUT2D eigenvalue weighted by Gasteiger charge is 1.99. The van der Waals surface area contributed by atoms with Crippen LogP contribution in [0.25, 0.3) is 0 Å². The van der Waals surface area contributed by atoms with Crippen LogP contribution >= 0.6 is 0 Å². The number of benzene rings is 2. The van der Waals surface area contributed by atoms with Crippen molar-refractivity contribution >= 4 is 11.9 Å². The minimum absolute atomic E-state index is 0.0161. The molecule has 0 fully saturated rings. The molecule has 0 aliphatic heterocycles. The van der Waals surface area contributed by atoms with Crippen LogP contribution in [0.1, 0.15) is 11.1 Å². The molecule has 3 nitrogen and oxygen atoms in total. The van der Waals surface area contributed by atoms with Crippen molar-refractivity contribution in [1.82, 2.24) is 0 Å². The fourth-order valence-corrected chi connectivity index (χ4v) is 1.49. The second-order valence-electron chi connectivity index (χ2n) is 3.79. The number of nitrogens with zero attached hydrogens (tertiary/aromatic N) is 1. The van der Waals surface area contributed by atoms with E-state index in [9.17, 15) is 5.11 Å². The lowest BCUT2D eigenvalue weighted by Crippen LogP contribution is -1.82. The highest BCUT2D eigenvalue weighted by Crippen LogP contribution is 2.22. The number of phenolic OH excluding ortho intramolecular Hbond substituents is 2. The van der Waals surface area contributed by atoms with Gasteiger partial charge in [0.1, 0.15) is 11.5 Å². The molecule has 0 saturated carbocycles. The molecule has 0 bridgehead atoms. The van der Waals surface area contributed by atoms with E-state index < -0.39 is 0 Å². The van der Waals surface area contributed by atoms with E-state index in [2.05, 4.69) is 4.99 Å². The van der Waals surface area contributed by atoms with E-state index in [4.69, 9.17) is 5.11 Å². The molecule has 0 saturated heterocycles. The topological polar surface area (TPSA) is 52.8 Å². The minimum Gasteiger partial charge on any atom is -0.508 e. The van der Waals surface area contributed by atoms with Gasteiger partial charge < -0.3 is 10.2 Å². The molecule has 0 aliphatic carbocycles. The molecule has 86 valence electrons. The zero-order chi connectivity index (χ0) is 12.3. The number of aryl methyl sites for hydroxylation is 1. The van der Waals surface area contributed by atoms with Crippen molar-refractivity contribution in [3.63, 3.8) is 0 Å². The van der Waals surface area contributed by atoms with Crippen LogP contribution in [0, 0.1) is 6.92 Å². The quantitative estimate of drug-likeness (QED) is 0.774. The van der Waals surface area contributed by atoms with Gasteiger partial charge in [0.25, 0.3) is 0 Å². The molecule has 0 unspecified atom stereocenters. The Labute approximate surface area is 99.7 Å². The molecule has 0 spiro atoms. The summed E-state index contributed by atoms with van der Waals surface area (Å²) in [4.78, 5) is 4.30. The second-order valence-corrected chi connectivity index (χ2v) is 3.79. The zero-order valence-corrected chi connectivity index (χ0v) is 9.46. The van der Waals surface area contributed by atoms with Crippen molar-refractivity contribution in [3.8, 4) is 11.5 Å². The summed E-state index contributed by atoms with van der Waals surface area (Å²) in [6.07, 6.45) is 1.58. The summed E-state index contributed by atoms with van der Waals surface area (Å²) in [7, 11) is 0. The summed E-state index contributed by atoms with van der Waals surface area (Å²) in [6.45, 7) is 1.98. The van der Waals surface area contributed by atoms with Gasteiger partial charge in [-0.05, 0) is 30.7 Å². The molecule has 3 heteroatoms. The Hall–Kier alpha value is -2.29. The fraction of sp³-hybridized carbons (Fsp3) is 0.0714. The SMILES string of the molecule is Cc1ccccc1N=Cc1ccc(O)cc1O. The number of para-hydroxylation sites is 1. The lowest BCUT2D eigenvalue weighted by molar-refractivity contribution is 0.450. The number of aliphatic imine (C=N–C) groups is 1. The molecule has 0 aliphatic rings. The fourth-order valence-electron chi connectivity index (χ4n) is 1.49. The van der Waals surface area contributed by atoms with Gasteiger partial charge in [0.05, 0.1) is 5.69 Å². The Bertz CT molecular complexity index is 562. The number of hydrogen-bond acceptors (Lipinski definition) is 3. The van der Waals surface area contributed by atoms with Crippen molar-refractivity contribution in [2.24, 2.45) is 4.99 Å².